The van der Waals surface area contributed by atoms with Crippen molar-refractivity contribution in [3.63, 3.8) is 0 Å². The summed E-state index contributed by atoms with van der Waals surface area (Å²) in [6.45, 7) is 4.39. The molecule has 3 heteroatoms. The second kappa shape index (κ2) is 4.50. The highest BCUT2D eigenvalue weighted by Crippen LogP contribution is 2.28. The fourth-order valence-corrected chi connectivity index (χ4v) is 2.33. The summed E-state index contributed by atoms with van der Waals surface area (Å²) in [6, 6.07) is 5.74. The van der Waals surface area contributed by atoms with Gasteiger partial charge in [0, 0.05) is 21.7 Å². The van der Waals surface area contributed by atoms with Crippen LogP contribution in [0.3, 0.4) is 0 Å². The first-order valence-electron chi connectivity index (χ1n) is 4.94. The minimum absolute atomic E-state index is 0.633. The standard InChI is InChI=1S/C12H13ClOS/c1-8(2)15-7-9-6-14-12-4-3-10(13)5-11(9)12/h3-6,8H,7H2,1-2H3. The van der Waals surface area contributed by atoms with Crippen LogP contribution in [0.1, 0.15) is 19.4 Å². The Morgan fingerprint density at radius 3 is 2.93 bits per heavy atom. The van der Waals surface area contributed by atoms with Crippen LogP contribution in [0.15, 0.2) is 28.9 Å². The molecule has 1 heterocycles. The van der Waals surface area contributed by atoms with Crippen molar-refractivity contribution in [2.24, 2.45) is 0 Å². The van der Waals surface area contributed by atoms with Crippen molar-refractivity contribution in [2.45, 2.75) is 24.9 Å². The Bertz CT molecular complexity index is 462. The van der Waals surface area contributed by atoms with E-state index >= 15 is 0 Å². The molecule has 80 valence electrons. The lowest BCUT2D eigenvalue weighted by atomic mass is 10.2. The van der Waals surface area contributed by atoms with Gasteiger partial charge in [-0.15, -0.1) is 0 Å². The highest BCUT2D eigenvalue weighted by Gasteiger charge is 2.07. The monoisotopic (exact) mass is 240 g/mol. The minimum atomic E-state index is 0.633. The SMILES string of the molecule is CC(C)SCc1coc2ccc(Cl)cc12. The summed E-state index contributed by atoms with van der Waals surface area (Å²) < 4.78 is 5.46. The number of hydrogen-bond acceptors (Lipinski definition) is 2. The number of fused-ring (bicyclic) bond motifs is 1. The van der Waals surface area contributed by atoms with E-state index in [1.807, 2.05) is 36.2 Å². The van der Waals surface area contributed by atoms with Gasteiger partial charge in [-0.2, -0.15) is 11.8 Å². The maximum atomic E-state index is 5.96. The highest BCUT2D eigenvalue weighted by atomic mass is 35.5. The summed E-state index contributed by atoms with van der Waals surface area (Å²) in [5.74, 6) is 0.977. The first kappa shape index (κ1) is 10.9. The lowest BCUT2D eigenvalue weighted by molar-refractivity contribution is 0.612. The number of hydrogen-bond donors (Lipinski definition) is 0. The van der Waals surface area contributed by atoms with Gasteiger partial charge in [0.25, 0.3) is 0 Å². The molecule has 1 aromatic carbocycles. The predicted molar refractivity (Wildman–Crippen MR) is 67.7 cm³/mol. The second-order valence-electron chi connectivity index (χ2n) is 3.76. The number of thioether (sulfide) groups is 1. The lowest BCUT2D eigenvalue weighted by Gasteiger charge is -2.02. The van der Waals surface area contributed by atoms with E-state index in [2.05, 4.69) is 13.8 Å². The Morgan fingerprint density at radius 1 is 1.40 bits per heavy atom. The van der Waals surface area contributed by atoms with Gasteiger partial charge < -0.3 is 4.42 Å². The largest absolute Gasteiger partial charge is 0.464 e. The third-order valence-corrected chi connectivity index (χ3v) is 3.57. The average Bonchev–Trinajstić information content (AvgIpc) is 2.57. The van der Waals surface area contributed by atoms with Gasteiger partial charge in [0.05, 0.1) is 6.26 Å². The summed E-state index contributed by atoms with van der Waals surface area (Å²) in [7, 11) is 0. The third-order valence-electron chi connectivity index (χ3n) is 2.19. The molecular weight excluding hydrogens is 228 g/mol. The summed E-state index contributed by atoms with van der Waals surface area (Å²) in [4.78, 5) is 0. The van der Waals surface area contributed by atoms with E-state index in [0.717, 1.165) is 21.7 Å². The number of rotatable bonds is 3. The van der Waals surface area contributed by atoms with E-state index in [4.69, 9.17) is 16.0 Å². The first-order valence-corrected chi connectivity index (χ1v) is 6.36. The fourth-order valence-electron chi connectivity index (χ4n) is 1.42. The molecule has 0 radical (unpaired) electrons. The molecule has 0 aliphatic rings. The molecule has 1 nitrogen and oxygen atoms in total. The zero-order valence-electron chi connectivity index (χ0n) is 8.79. The predicted octanol–water partition coefficient (Wildman–Crippen LogP) is 4.73. The van der Waals surface area contributed by atoms with Crippen LogP contribution in [0.4, 0.5) is 0 Å². The Labute approximate surface area is 98.8 Å². The molecule has 2 rings (SSSR count). The molecule has 0 amide bonds. The zero-order chi connectivity index (χ0) is 10.8. The quantitative estimate of drug-likeness (QED) is 0.770. The summed E-state index contributed by atoms with van der Waals surface area (Å²) in [6.07, 6.45) is 1.83. The molecule has 0 aliphatic heterocycles. The molecule has 0 saturated heterocycles. The lowest BCUT2D eigenvalue weighted by Crippen LogP contribution is -1.87. The van der Waals surface area contributed by atoms with Crippen LogP contribution in [-0.4, -0.2) is 5.25 Å². The molecule has 0 bridgehead atoms. The van der Waals surface area contributed by atoms with Crippen molar-refractivity contribution < 1.29 is 4.42 Å². The molecule has 0 fully saturated rings. The van der Waals surface area contributed by atoms with Crippen LogP contribution in [0.25, 0.3) is 11.0 Å². The Morgan fingerprint density at radius 2 is 2.20 bits per heavy atom. The smallest absolute Gasteiger partial charge is 0.134 e. The van der Waals surface area contributed by atoms with Gasteiger partial charge in [0.2, 0.25) is 0 Å². The third kappa shape index (κ3) is 2.50. The van der Waals surface area contributed by atoms with E-state index in [0.29, 0.717) is 5.25 Å². The summed E-state index contributed by atoms with van der Waals surface area (Å²) in [5, 5.41) is 2.53. The summed E-state index contributed by atoms with van der Waals surface area (Å²) >= 11 is 7.87. The van der Waals surface area contributed by atoms with E-state index in [1.165, 1.54) is 5.56 Å². The average molecular weight is 241 g/mol. The van der Waals surface area contributed by atoms with Crippen LogP contribution in [-0.2, 0) is 5.75 Å². The number of furan rings is 1. The Balaban J connectivity index is 2.31. The molecule has 15 heavy (non-hydrogen) atoms. The van der Waals surface area contributed by atoms with E-state index in [-0.39, 0.29) is 0 Å². The van der Waals surface area contributed by atoms with Crippen molar-refractivity contribution in [1.82, 2.24) is 0 Å². The minimum Gasteiger partial charge on any atom is -0.464 e. The van der Waals surface area contributed by atoms with E-state index in [9.17, 15) is 0 Å². The molecular formula is C12H13ClOS. The van der Waals surface area contributed by atoms with Gasteiger partial charge in [0.15, 0.2) is 0 Å². The van der Waals surface area contributed by atoms with Gasteiger partial charge >= 0.3 is 0 Å². The van der Waals surface area contributed by atoms with E-state index in [1.54, 1.807) is 0 Å². The molecule has 2 aromatic rings. The van der Waals surface area contributed by atoms with Gasteiger partial charge in [0.1, 0.15) is 5.58 Å². The first-order chi connectivity index (χ1) is 7.16. The molecule has 0 unspecified atom stereocenters. The van der Waals surface area contributed by atoms with Crippen LogP contribution in [0.2, 0.25) is 5.02 Å². The molecule has 0 saturated carbocycles. The van der Waals surface area contributed by atoms with Crippen molar-refractivity contribution >= 4 is 34.3 Å². The van der Waals surface area contributed by atoms with Crippen LogP contribution in [0, 0.1) is 0 Å². The zero-order valence-corrected chi connectivity index (χ0v) is 10.4. The van der Waals surface area contributed by atoms with Crippen LogP contribution < -0.4 is 0 Å². The second-order valence-corrected chi connectivity index (χ2v) is 5.76. The van der Waals surface area contributed by atoms with Crippen molar-refractivity contribution in [2.75, 3.05) is 0 Å². The molecule has 0 N–H and O–H groups in total. The van der Waals surface area contributed by atoms with Gasteiger partial charge in [-0.05, 0) is 23.4 Å². The van der Waals surface area contributed by atoms with Crippen molar-refractivity contribution in [3.8, 4) is 0 Å². The van der Waals surface area contributed by atoms with Crippen LogP contribution >= 0.6 is 23.4 Å². The molecule has 0 spiro atoms. The summed E-state index contributed by atoms with van der Waals surface area (Å²) in [5.41, 5.74) is 2.14. The van der Waals surface area contributed by atoms with Gasteiger partial charge in [-0.25, -0.2) is 0 Å². The van der Waals surface area contributed by atoms with Crippen molar-refractivity contribution in [3.05, 3.63) is 35.0 Å². The van der Waals surface area contributed by atoms with Crippen LogP contribution in [0.5, 0.6) is 0 Å². The Kier molecular flexibility index (Phi) is 3.27. The molecule has 1 aromatic heterocycles. The highest BCUT2D eigenvalue weighted by molar-refractivity contribution is 7.99. The van der Waals surface area contributed by atoms with E-state index < -0.39 is 0 Å². The number of benzene rings is 1. The molecule has 0 aliphatic carbocycles. The van der Waals surface area contributed by atoms with Crippen molar-refractivity contribution in [1.29, 1.82) is 0 Å². The topological polar surface area (TPSA) is 13.1 Å². The maximum Gasteiger partial charge on any atom is 0.134 e. The number of halogens is 1. The molecule has 0 atom stereocenters. The fraction of sp³-hybridized carbons (Fsp3) is 0.333. The van der Waals surface area contributed by atoms with Gasteiger partial charge in [-0.1, -0.05) is 25.4 Å². The van der Waals surface area contributed by atoms with Gasteiger partial charge in [-0.3, -0.25) is 0 Å². The normalized spacial score (nSPS) is 11.5. The maximum absolute atomic E-state index is 5.96. The Hall–Kier alpha value is -0.600.